The molecule has 2 heterocycles. The molecule has 1 aromatic rings. The molecular formula is C20H28N2O3. The second-order valence-electron chi connectivity index (χ2n) is 7.57. The average molecular weight is 344 g/mol. The molecule has 0 saturated carbocycles. The predicted octanol–water partition coefficient (Wildman–Crippen LogP) is 3.09. The van der Waals surface area contributed by atoms with Crippen LogP contribution in [-0.2, 0) is 9.59 Å². The zero-order chi connectivity index (χ0) is 18.0. The summed E-state index contributed by atoms with van der Waals surface area (Å²) < 4.78 is 5.64. The van der Waals surface area contributed by atoms with Gasteiger partial charge >= 0.3 is 0 Å². The third kappa shape index (κ3) is 4.14. The van der Waals surface area contributed by atoms with E-state index in [1.807, 2.05) is 43.0 Å². The molecule has 0 bridgehead atoms. The molecule has 2 amide bonds. The van der Waals surface area contributed by atoms with E-state index in [4.69, 9.17) is 4.74 Å². The maximum absolute atomic E-state index is 12.7. The maximum atomic E-state index is 12.7. The molecule has 0 N–H and O–H groups in total. The van der Waals surface area contributed by atoms with Crippen LogP contribution in [0.25, 0.3) is 0 Å². The Morgan fingerprint density at radius 2 is 1.80 bits per heavy atom. The van der Waals surface area contributed by atoms with Gasteiger partial charge in [-0.05, 0) is 56.9 Å². The first-order valence-corrected chi connectivity index (χ1v) is 9.30. The molecule has 0 radical (unpaired) electrons. The van der Waals surface area contributed by atoms with E-state index >= 15 is 0 Å². The Kier molecular flexibility index (Phi) is 5.30. The zero-order valence-electron chi connectivity index (χ0n) is 15.4. The summed E-state index contributed by atoms with van der Waals surface area (Å²) in [7, 11) is 0. The van der Waals surface area contributed by atoms with Gasteiger partial charge in [0, 0.05) is 31.7 Å². The Morgan fingerprint density at radius 3 is 2.40 bits per heavy atom. The number of piperidine rings is 1. The van der Waals surface area contributed by atoms with Crippen LogP contribution in [0.2, 0.25) is 0 Å². The molecule has 2 aliphatic rings. The van der Waals surface area contributed by atoms with E-state index in [0.717, 1.165) is 37.4 Å². The van der Waals surface area contributed by atoms with E-state index in [2.05, 4.69) is 6.92 Å². The molecule has 0 aromatic heterocycles. The van der Waals surface area contributed by atoms with Crippen molar-refractivity contribution in [1.82, 2.24) is 4.90 Å². The van der Waals surface area contributed by atoms with Crippen LogP contribution >= 0.6 is 0 Å². The van der Waals surface area contributed by atoms with E-state index in [9.17, 15) is 9.59 Å². The lowest BCUT2D eigenvalue weighted by molar-refractivity contribution is -0.137. The molecule has 3 rings (SSSR count). The van der Waals surface area contributed by atoms with Crippen LogP contribution in [0.3, 0.4) is 0 Å². The van der Waals surface area contributed by atoms with E-state index in [1.165, 1.54) is 0 Å². The van der Waals surface area contributed by atoms with Gasteiger partial charge in [0.1, 0.15) is 5.75 Å². The molecule has 2 saturated heterocycles. The molecular weight excluding hydrogens is 316 g/mol. The average Bonchev–Trinajstić information content (AvgIpc) is 2.97. The highest BCUT2D eigenvalue weighted by Gasteiger charge is 2.37. The van der Waals surface area contributed by atoms with Gasteiger partial charge in [-0.1, -0.05) is 6.92 Å². The summed E-state index contributed by atoms with van der Waals surface area (Å²) in [5, 5.41) is 0. The minimum Gasteiger partial charge on any atom is -0.491 e. The van der Waals surface area contributed by atoms with Crippen molar-refractivity contribution in [2.24, 2.45) is 11.8 Å². The first-order chi connectivity index (χ1) is 11.9. The standard InChI is InChI=1S/C20H28N2O3/c1-14(2)25-18-6-4-17(5-7-18)22-13-16(12-19(22)23)20(24)21-10-8-15(3)9-11-21/h4-7,14-16H,8-13H2,1-3H3. The van der Waals surface area contributed by atoms with Crippen LogP contribution in [-0.4, -0.2) is 42.5 Å². The normalized spacial score (nSPS) is 21.9. The van der Waals surface area contributed by atoms with E-state index < -0.39 is 0 Å². The quantitative estimate of drug-likeness (QED) is 0.843. The number of anilines is 1. The number of amides is 2. The Balaban J connectivity index is 1.63. The van der Waals surface area contributed by atoms with Crippen LogP contribution < -0.4 is 9.64 Å². The first-order valence-electron chi connectivity index (χ1n) is 9.30. The molecule has 136 valence electrons. The zero-order valence-corrected chi connectivity index (χ0v) is 15.4. The second-order valence-corrected chi connectivity index (χ2v) is 7.57. The van der Waals surface area contributed by atoms with Crippen molar-refractivity contribution in [1.29, 1.82) is 0 Å². The molecule has 1 unspecified atom stereocenters. The van der Waals surface area contributed by atoms with Gasteiger partial charge < -0.3 is 14.5 Å². The highest BCUT2D eigenvalue weighted by Crippen LogP contribution is 2.29. The number of likely N-dealkylation sites (tertiary alicyclic amines) is 1. The summed E-state index contributed by atoms with van der Waals surface area (Å²) in [6.45, 7) is 8.33. The van der Waals surface area contributed by atoms with Crippen LogP contribution in [0, 0.1) is 11.8 Å². The highest BCUT2D eigenvalue weighted by atomic mass is 16.5. The molecule has 1 atom stereocenters. The molecule has 0 spiro atoms. The Morgan fingerprint density at radius 1 is 1.16 bits per heavy atom. The lowest BCUT2D eigenvalue weighted by Crippen LogP contribution is -2.42. The van der Waals surface area contributed by atoms with Gasteiger partial charge in [-0.15, -0.1) is 0 Å². The minimum atomic E-state index is -0.215. The van der Waals surface area contributed by atoms with Crippen molar-refractivity contribution in [3.63, 3.8) is 0 Å². The van der Waals surface area contributed by atoms with Crippen molar-refractivity contribution in [3.05, 3.63) is 24.3 Å². The van der Waals surface area contributed by atoms with Gasteiger partial charge in [0.25, 0.3) is 0 Å². The van der Waals surface area contributed by atoms with Crippen molar-refractivity contribution < 1.29 is 14.3 Å². The number of ether oxygens (including phenoxy) is 1. The number of rotatable bonds is 4. The highest BCUT2D eigenvalue weighted by molar-refractivity contribution is 6.00. The molecule has 25 heavy (non-hydrogen) atoms. The SMILES string of the molecule is CC1CCN(C(=O)C2CC(=O)N(c3ccc(OC(C)C)cc3)C2)CC1. The van der Waals surface area contributed by atoms with Crippen molar-refractivity contribution >= 4 is 17.5 Å². The smallest absolute Gasteiger partial charge is 0.228 e. The fraction of sp³-hybridized carbons (Fsp3) is 0.600. The van der Waals surface area contributed by atoms with Crippen LogP contribution in [0.5, 0.6) is 5.75 Å². The van der Waals surface area contributed by atoms with E-state index in [0.29, 0.717) is 18.9 Å². The number of hydrogen-bond acceptors (Lipinski definition) is 3. The van der Waals surface area contributed by atoms with Gasteiger partial charge in [-0.25, -0.2) is 0 Å². The van der Waals surface area contributed by atoms with E-state index in [1.54, 1.807) is 4.90 Å². The molecule has 5 nitrogen and oxygen atoms in total. The fourth-order valence-electron chi connectivity index (χ4n) is 3.59. The number of hydrogen-bond donors (Lipinski definition) is 0. The van der Waals surface area contributed by atoms with Crippen molar-refractivity contribution in [3.8, 4) is 5.75 Å². The minimum absolute atomic E-state index is 0.0289. The van der Waals surface area contributed by atoms with Gasteiger partial charge in [0.05, 0.1) is 12.0 Å². The summed E-state index contributed by atoms with van der Waals surface area (Å²) >= 11 is 0. The molecule has 2 fully saturated rings. The van der Waals surface area contributed by atoms with Crippen molar-refractivity contribution in [2.75, 3.05) is 24.5 Å². The topological polar surface area (TPSA) is 49.9 Å². The van der Waals surface area contributed by atoms with Gasteiger partial charge in [0.2, 0.25) is 11.8 Å². The second kappa shape index (κ2) is 7.46. The summed E-state index contributed by atoms with van der Waals surface area (Å²) in [4.78, 5) is 28.8. The van der Waals surface area contributed by atoms with Gasteiger partial charge in [0.15, 0.2) is 0 Å². The first kappa shape index (κ1) is 17.8. The van der Waals surface area contributed by atoms with Crippen LogP contribution in [0.15, 0.2) is 24.3 Å². The number of carbonyl (C=O) groups is 2. The lowest BCUT2D eigenvalue weighted by Gasteiger charge is -2.32. The largest absolute Gasteiger partial charge is 0.491 e. The van der Waals surface area contributed by atoms with Gasteiger partial charge in [-0.3, -0.25) is 9.59 Å². The Hall–Kier alpha value is -2.04. The number of nitrogens with zero attached hydrogens (tertiary/aromatic N) is 2. The number of carbonyl (C=O) groups excluding carboxylic acids is 2. The Labute approximate surface area is 149 Å². The lowest BCUT2D eigenvalue weighted by atomic mass is 9.97. The molecule has 1 aromatic carbocycles. The maximum Gasteiger partial charge on any atom is 0.228 e. The summed E-state index contributed by atoms with van der Waals surface area (Å²) in [6, 6.07) is 7.55. The molecule has 0 aliphatic carbocycles. The third-order valence-electron chi connectivity index (χ3n) is 5.09. The summed E-state index contributed by atoms with van der Waals surface area (Å²) in [5.41, 5.74) is 0.837. The molecule has 5 heteroatoms. The molecule has 2 aliphatic heterocycles. The fourth-order valence-corrected chi connectivity index (χ4v) is 3.59. The van der Waals surface area contributed by atoms with Crippen LogP contribution in [0.1, 0.15) is 40.0 Å². The summed E-state index contributed by atoms with van der Waals surface area (Å²) in [5.74, 6) is 1.44. The summed E-state index contributed by atoms with van der Waals surface area (Å²) in [6.07, 6.45) is 2.56. The van der Waals surface area contributed by atoms with E-state index in [-0.39, 0.29) is 23.8 Å². The van der Waals surface area contributed by atoms with Crippen LogP contribution in [0.4, 0.5) is 5.69 Å². The number of benzene rings is 1. The monoisotopic (exact) mass is 344 g/mol. The predicted molar refractivity (Wildman–Crippen MR) is 97.6 cm³/mol. The van der Waals surface area contributed by atoms with Crippen molar-refractivity contribution in [2.45, 2.75) is 46.1 Å². The van der Waals surface area contributed by atoms with Gasteiger partial charge in [-0.2, -0.15) is 0 Å². The Bertz CT molecular complexity index is 618. The third-order valence-corrected chi connectivity index (χ3v) is 5.09.